The summed E-state index contributed by atoms with van der Waals surface area (Å²) in [7, 11) is 0. The second kappa shape index (κ2) is 6.20. The van der Waals surface area contributed by atoms with Gasteiger partial charge in [-0.05, 0) is 37.0 Å². The molecule has 2 aliphatic rings. The number of nitriles is 1. The maximum atomic E-state index is 9.54. The Hall–Kier alpha value is -0.980. The molecule has 1 unspecified atom stereocenters. The third-order valence-electron chi connectivity index (χ3n) is 4.64. The second-order valence-corrected chi connectivity index (χ2v) is 7.47. The van der Waals surface area contributed by atoms with Gasteiger partial charge in [0.05, 0.1) is 11.5 Å². The van der Waals surface area contributed by atoms with Gasteiger partial charge in [-0.25, -0.2) is 0 Å². The summed E-state index contributed by atoms with van der Waals surface area (Å²) in [4.78, 5) is 0. The molecule has 1 atom stereocenters. The Balaban J connectivity index is 1.51. The van der Waals surface area contributed by atoms with Gasteiger partial charge in [0.1, 0.15) is 0 Å². The molecule has 3 rings (SSSR count). The van der Waals surface area contributed by atoms with Crippen LogP contribution in [0.3, 0.4) is 0 Å². The van der Waals surface area contributed by atoms with E-state index in [0.29, 0.717) is 6.04 Å². The third-order valence-corrected chi connectivity index (χ3v) is 6.04. The van der Waals surface area contributed by atoms with Crippen molar-refractivity contribution >= 4 is 11.8 Å². The Bertz CT molecular complexity index is 468. The zero-order valence-electron chi connectivity index (χ0n) is 11.8. The standard InChI is InChI=1S/C17H22N2S/c18-13-17(14-6-2-1-3-7-14)10-15(11-17)19-12-16-8-4-5-9-20-16/h1-3,6-7,15-16,19H,4-5,8-12H2. The summed E-state index contributed by atoms with van der Waals surface area (Å²) >= 11 is 2.11. The minimum Gasteiger partial charge on any atom is -0.313 e. The van der Waals surface area contributed by atoms with Crippen LogP contribution in [0.5, 0.6) is 0 Å². The Kier molecular flexibility index (Phi) is 4.33. The summed E-state index contributed by atoms with van der Waals surface area (Å²) in [6, 6.07) is 13.4. The van der Waals surface area contributed by atoms with Gasteiger partial charge in [0.25, 0.3) is 0 Å². The van der Waals surface area contributed by atoms with Crippen molar-refractivity contribution in [2.75, 3.05) is 12.3 Å². The lowest BCUT2D eigenvalue weighted by Gasteiger charge is -2.44. The van der Waals surface area contributed by atoms with Crippen molar-refractivity contribution in [2.24, 2.45) is 0 Å². The largest absolute Gasteiger partial charge is 0.313 e. The molecule has 106 valence electrons. The van der Waals surface area contributed by atoms with Gasteiger partial charge in [-0.3, -0.25) is 0 Å². The number of nitrogens with one attached hydrogen (secondary N) is 1. The first-order valence-electron chi connectivity index (χ1n) is 7.64. The molecule has 1 aromatic carbocycles. The molecule has 1 aliphatic carbocycles. The Morgan fingerprint density at radius 2 is 2.05 bits per heavy atom. The van der Waals surface area contributed by atoms with E-state index < -0.39 is 0 Å². The van der Waals surface area contributed by atoms with Crippen LogP contribution in [-0.4, -0.2) is 23.6 Å². The molecule has 1 N–H and O–H groups in total. The molecular formula is C17H22N2S. The third kappa shape index (κ3) is 2.87. The maximum absolute atomic E-state index is 9.54. The average Bonchev–Trinajstić information content (AvgIpc) is 2.48. The Morgan fingerprint density at radius 3 is 2.70 bits per heavy atom. The fourth-order valence-electron chi connectivity index (χ4n) is 3.34. The van der Waals surface area contributed by atoms with Gasteiger partial charge in [-0.2, -0.15) is 17.0 Å². The summed E-state index contributed by atoms with van der Waals surface area (Å²) in [5.74, 6) is 1.32. The minimum atomic E-state index is -0.237. The van der Waals surface area contributed by atoms with E-state index in [1.54, 1.807) is 0 Å². The lowest BCUT2D eigenvalue weighted by Crippen LogP contribution is -2.52. The molecule has 3 heteroatoms. The highest BCUT2D eigenvalue weighted by Gasteiger charge is 2.45. The Morgan fingerprint density at radius 1 is 1.25 bits per heavy atom. The second-order valence-electron chi connectivity index (χ2n) is 6.06. The topological polar surface area (TPSA) is 35.8 Å². The van der Waals surface area contributed by atoms with Crippen LogP contribution in [0.1, 0.15) is 37.7 Å². The highest BCUT2D eigenvalue weighted by atomic mass is 32.2. The van der Waals surface area contributed by atoms with Crippen LogP contribution < -0.4 is 5.32 Å². The van der Waals surface area contributed by atoms with Crippen LogP contribution in [0, 0.1) is 11.3 Å². The van der Waals surface area contributed by atoms with Crippen LogP contribution >= 0.6 is 11.8 Å². The molecule has 0 bridgehead atoms. The van der Waals surface area contributed by atoms with Crippen LogP contribution in [0.15, 0.2) is 30.3 Å². The fraction of sp³-hybridized carbons (Fsp3) is 0.588. The summed E-state index contributed by atoms with van der Waals surface area (Å²) in [6.45, 7) is 1.12. The van der Waals surface area contributed by atoms with Gasteiger partial charge in [0.15, 0.2) is 0 Å². The van der Waals surface area contributed by atoms with Crippen molar-refractivity contribution in [2.45, 2.75) is 48.8 Å². The summed E-state index contributed by atoms with van der Waals surface area (Å²) in [6.07, 6.45) is 6.05. The van der Waals surface area contributed by atoms with Gasteiger partial charge < -0.3 is 5.32 Å². The van der Waals surface area contributed by atoms with Gasteiger partial charge in [-0.1, -0.05) is 36.8 Å². The van der Waals surface area contributed by atoms with E-state index in [0.717, 1.165) is 24.6 Å². The summed E-state index contributed by atoms with van der Waals surface area (Å²) < 4.78 is 0. The molecule has 2 nitrogen and oxygen atoms in total. The Labute approximate surface area is 125 Å². The van der Waals surface area contributed by atoms with E-state index >= 15 is 0 Å². The van der Waals surface area contributed by atoms with E-state index in [1.807, 2.05) is 18.2 Å². The van der Waals surface area contributed by atoms with Gasteiger partial charge in [0, 0.05) is 17.8 Å². The monoisotopic (exact) mass is 286 g/mol. The molecule has 2 fully saturated rings. The molecule has 0 spiro atoms. The molecule has 1 heterocycles. The van der Waals surface area contributed by atoms with E-state index in [-0.39, 0.29) is 5.41 Å². The van der Waals surface area contributed by atoms with E-state index in [9.17, 15) is 5.26 Å². The van der Waals surface area contributed by atoms with E-state index in [4.69, 9.17) is 0 Å². The number of hydrogen-bond donors (Lipinski definition) is 1. The molecule has 1 saturated heterocycles. The van der Waals surface area contributed by atoms with Crippen molar-refractivity contribution < 1.29 is 0 Å². The molecule has 1 aromatic rings. The summed E-state index contributed by atoms with van der Waals surface area (Å²) in [5, 5.41) is 14.0. The molecule has 20 heavy (non-hydrogen) atoms. The lowest BCUT2D eigenvalue weighted by molar-refractivity contribution is 0.227. The number of nitrogens with zero attached hydrogens (tertiary/aromatic N) is 1. The molecule has 1 aliphatic heterocycles. The summed E-state index contributed by atoms with van der Waals surface area (Å²) in [5.41, 5.74) is 0.950. The molecule has 0 aromatic heterocycles. The van der Waals surface area contributed by atoms with Crippen molar-refractivity contribution in [3.63, 3.8) is 0 Å². The molecule has 0 radical (unpaired) electrons. The van der Waals surface area contributed by atoms with E-state index in [1.165, 1.54) is 30.6 Å². The average molecular weight is 286 g/mol. The van der Waals surface area contributed by atoms with Crippen LogP contribution in [0.25, 0.3) is 0 Å². The van der Waals surface area contributed by atoms with Crippen molar-refractivity contribution in [3.05, 3.63) is 35.9 Å². The zero-order valence-corrected chi connectivity index (χ0v) is 12.7. The smallest absolute Gasteiger partial charge is 0.0852 e. The first kappa shape index (κ1) is 14.0. The first-order chi connectivity index (χ1) is 9.82. The van der Waals surface area contributed by atoms with Crippen molar-refractivity contribution in [1.82, 2.24) is 5.32 Å². The molecule has 0 amide bonds. The first-order valence-corrected chi connectivity index (χ1v) is 8.69. The van der Waals surface area contributed by atoms with Gasteiger partial charge >= 0.3 is 0 Å². The van der Waals surface area contributed by atoms with Crippen LogP contribution in [0.4, 0.5) is 0 Å². The molecule has 1 saturated carbocycles. The SMILES string of the molecule is N#CC1(c2ccccc2)CC(NCC2CCCCS2)C1. The number of benzene rings is 1. The lowest BCUT2D eigenvalue weighted by atomic mass is 9.62. The molecular weight excluding hydrogens is 264 g/mol. The van der Waals surface area contributed by atoms with Crippen LogP contribution in [-0.2, 0) is 5.41 Å². The van der Waals surface area contributed by atoms with E-state index in [2.05, 4.69) is 35.3 Å². The quantitative estimate of drug-likeness (QED) is 0.920. The number of rotatable bonds is 4. The van der Waals surface area contributed by atoms with Crippen LogP contribution in [0.2, 0.25) is 0 Å². The fourth-order valence-corrected chi connectivity index (χ4v) is 4.59. The van der Waals surface area contributed by atoms with Gasteiger partial charge in [-0.15, -0.1) is 0 Å². The van der Waals surface area contributed by atoms with Crippen molar-refractivity contribution in [1.29, 1.82) is 5.26 Å². The highest BCUT2D eigenvalue weighted by molar-refractivity contribution is 7.99. The number of thioether (sulfide) groups is 1. The highest BCUT2D eigenvalue weighted by Crippen LogP contribution is 2.43. The van der Waals surface area contributed by atoms with Crippen molar-refractivity contribution in [3.8, 4) is 6.07 Å². The minimum absolute atomic E-state index is 0.237. The predicted octanol–water partition coefficient (Wildman–Crippen LogP) is 3.49. The normalized spacial score (nSPS) is 33.1. The predicted molar refractivity (Wildman–Crippen MR) is 84.9 cm³/mol. The maximum Gasteiger partial charge on any atom is 0.0852 e. The zero-order chi connectivity index (χ0) is 13.8. The number of hydrogen-bond acceptors (Lipinski definition) is 3. The van der Waals surface area contributed by atoms with Gasteiger partial charge in [0.2, 0.25) is 0 Å².